The minimum absolute atomic E-state index is 0.339. The first-order valence-electron chi connectivity index (χ1n) is 12.3. The molecule has 0 bridgehead atoms. The third kappa shape index (κ3) is 19.9. The van der Waals surface area contributed by atoms with E-state index in [0.717, 1.165) is 12.8 Å². The Hall–Kier alpha value is -0.860. The zero-order valence-corrected chi connectivity index (χ0v) is 19.1. The Bertz CT molecular complexity index is 352. The molecule has 3 nitrogen and oxygen atoms in total. The lowest BCUT2D eigenvalue weighted by Crippen LogP contribution is -2.14. The van der Waals surface area contributed by atoms with Crippen molar-refractivity contribution >= 4 is 11.8 Å². The second kappa shape index (κ2) is 22.4. The lowest BCUT2D eigenvalue weighted by molar-refractivity contribution is -0.151. The van der Waals surface area contributed by atoms with Crippen LogP contribution in [0, 0.1) is 0 Å². The van der Waals surface area contributed by atoms with Gasteiger partial charge in [0.2, 0.25) is 5.78 Å². The quantitative estimate of drug-likeness (QED) is 0.106. The van der Waals surface area contributed by atoms with Crippen LogP contribution in [-0.4, -0.2) is 18.9 Å². The van der Waals surface area contributed by atoms with Crippen molar-refractivity contribution in [3.05, 3.63) is 0 Å². The van der Waals surface area contributed by atoms with E-state index >= 15 is 0 Å². The first-order chi connectivity index (χ1) is 13.7. The molecule has 0 aliphatic carbocycles. The summed E-state index contributed by atoms with van der Waals surface area (Å²) in [6.07, 6.45) is 27.2. The van der Waals surface area contributed by atoms with E-state index in [4.69, 9.17) is 0 Å². The van der Waals surface area contributed by atoms with Gasteiger partial charge in [0.1, 0.15) is 0 Å². The zero-order valence-electron chi connectivity index (χ0n) is 19.1. The Balaban J connectivity index is 3.09. The lowest BCUT2D eigenvalue weighted by Gasteiger charge is -2.04. The smallest absolute Gasteiger partial charge is 0.374 e. The van der Waals surface area contributed by atoms with Gasteiger partial charge in [0, 0.05) is 6.42 Å². The predicted molar refractivity (Wildman–Crippen MR) is 120 cm³/mol. The highest BCUT2D eigenvalue weighted by atomic mass is 16.5. The number of carbonyl (C=O) groups excluding carboxylic acids is 2. The average Bonchev–Trinajstić information content (AvgIpc) is 2.71. The molecule has 0 heterocycles. The van der Waals surface area contributed by atoms with E-state index < -0.39 is 5.97 Å². The van der Waals surface area contributed by atoms with E-state index in [1.165, 1.54) is 123 Å². The molecule has 0 aromatic carbocycles. The molecule has 0 aliphatic heterocycles. The third-order valence-electron chi connectivity index (χ3n) is 5.67. The van der Waals surface area contributed by atoms with Crippen molar-refractivity contribution in [3.63, 3.8) is 0 Å². The minimum atomic E-state index is -0.696. The highest BCUT2D eigenvalue weighted by molar-refractivity contribution is 6.33. The summed E-state index contributed by atoms with van der Waals surface area (Å²) in [7, 11) is 1.26. The van der Waals surface area contributed by atoms with E-state index in [0.29, 0.717) is 6.42 Å². The van der Waals surface area contributed by atoms with Gasteiger partial charge >= 0.3 is 5.97 Å². The summed E-state index contributed by atoms with van der Waals surface area (Å²) >= 11 is 0. The Morgan fingerprint density at radius 3 is 1.07 bits per heavy atom. The maximum Gasteiger partial charge on any atom is 0.374 e. The van der Waals surface area contributed by atoms with Gasteiger partial charge in [-0.3, -0.25) is 4.79 Å². The summed E-state index contributed by atoms with van der Waals surface area (Å²) in [5.41, 5.74) is 0. The number of esters is 1. The highest BCUT2D eigenvalue weighted by Gasteiger charge is 2.12. The summed E-state index contributed by atoms with van der Waals surface area (Å²) < 4.78 is 4.42. The Morgan fingerprint density at radius 2 is 0.786 bits per heavy atom. The van der Waals surface area contributed by atoms with Crippen LogP contribution in [0.2, 0.25) is 0 Å². The monoisotopic (exact) mass is 396 g/mol. The molecule has 0 saturated carbocycles. The molecule has 0 fully saturated rings. The highest BCUT2D eigenvalue weighted by Crippen LogP contribution is 2.15. The molecule has 0 aromatic rings. The molecule has 0 rings (SSSR count). The number of Topliss-reactive ketones (excluding diaryl/α,β-unsaturated/α-hetero) is 1. The van der Waals surface area contributed by atoms with Gasteiger partial charge in [-0.05, 0) is 6.42 Å². The maximum absolute atomic E-state index is 11.3. The van der Waals surface area contributed by atoms with Gasteiger partial charge in [-0.2, -0.15) is 0 Å². The van der Waals surface area contributed by atoms with Gasteiger partial charge in [-0.25, -0.2) is 4.79 Å². The molecule has 0 aromatic heterocycles. The van der Waals surface area contributed by atoms with E-state index in [1.807, 2.05) is 0 Å². The molecule has 3 heteroatoms. The van der Waals surface area contributed by atoms with Crippen LogP contribution in [0.15, 0.2) is 0 Å². The van der Waals surface area contributed by atoms with Crippen molar-refractivity contribution in [2.75, 3.05) is 7.11 Å². The molecule has 0 atom stereocenters. The molecule has 166 valence electrons. The van der Waals surface area contributed by atoms with Crippen LogP contribution in [0.3, 0.4) is 0 Å². The standard InChI is InChI=1S/C25H48O3/c1-3-4-5-6-7-8-9-10-11-12-13-14-15-16-17-18-19-20-21-22-23-24(26)25(27)28-2/h3-23H2,1-2H3. The second-order valence-corrected chi connectivity index (χ2v) is 8.38. The molecule has 0 N–H and O–H groups in total. The third-order valence-corrected chi connectivity index (χ3v) is 5.67. The van der Waals surface area contributed by atoms with Crippen molar-refractivity contribution in [3.8, 4) is 0 Å². The van der Waals surface area contributed by atoms with E-state index in [-0.39, 0.29) is 5.78 Å². The number of rotatable bonds is 22. The largest absolute Gasteiger partial charge is 0.463 e. The Labute approximate surface area is 175 Å². The van der Waals surface area contributed by atoms with Crippen molar-refractivity contribution in [1.29, 1.82) is 0 Å². The Kier molecular flexibility index (Phi) is 21.7. The lowest BCUT2D eigenvalue weighted by atomic mass is 10.0. The predicted octanol–water partition coefficient (Wildman–Crippen LogP) is 7.94. The molecule has 0 saturated heterocycles. The normalized spacial score (nSPS) is 10.9. The van der Waals surface area contributed by atoms with Gasteiger partial charge in [-0.15, -0.1) is 0 Å². The van der Waals surface area contributed by atoms with Crippen molar-refractivity contribution in [1.82, 2.24) is 0 Å². The van der Waals surface area contributed by atoms with Crippen LogP contribution in [0.5, 0.6) is 0 Å². The van der Waals surface area contributed by atoms with Crippen molar-refractivity contribution in [2.45, 2.75) is 142 Å². The number of ether oxygens (including phenoxy) is 1. The molecule has 0 amide bonds. The second-order valence-electron chi connectivity index (χ2n) is 8.38. The molecule has 0 radical (unpaired) electrons. The van der Waals surface area contributed by atoms with Crippen molar-refractivity contribution < 1.29 is 14.3 Å². The number of hydrogen-bond donors (Lipinski definition) is 0. The number of ketones is 1. The summed E-state index contributed by atoms with van der Waals surface area (Å²) in [5.74, 6) is -1.08. The van der Waals surface area contributed by atoms with Gasteiger partial charge in [-0.1, -0.05) is 129 Å². The number of carbonyl (C=O) groups is 2. The first kappa shape index (κ1) is 27.1. The minimum Gasteiger partial charge on any atom is -0.463 e. The van der Waals surface area contributed by atoms with Gasteiger partial charge in [0.05, 0.1) is 7.11 Å². The van der Waals surface area contributed by atoms with E-state index in [2.05, 4.69) is 11.7 Å². The molecule has 0 aliphatic rings. The Morgan fingerprint density at radius 1 is 0.500 bits per heavy atom. The van der Waals surface area contributed by atoms with E-state index in [1.54, 1.807) is 0 Å². The zero-order chi connectivity index (χ0) is 20.7. The molecular weight excluding hydrogens is 348 g/mol. The summed E-state index contributed by atoms with van der Waals surface area (Å²) in [4.78, 5) is 22.3. The SMILES string of the molecule is CCCCCCCCCCCCCCCCCCCCCCC(=O)C(=O)OC. The summed E-state index contributed by atoms with van der Waals surface area (Å²) in [6.45, 7) is 2.28. The maximum atomic E-state index is 11.3. The molecule has 0 spiro atoms. The van der Waals surface area contributed by atoms with Crippen LogP contribution in [0.1, 0.15) is 142 Å². The molecular formula is C25H48O3. The summed E-state index contributed by atoms with van der Waals surface area (Å²) in [5, 5.41) is 0. The summed E-state index contributed by atoms with van der Waals surface area (Å²) in [6, 6.07) is 0. The van der Waals surface area contributed by atoms with Crippen LogP contribution in [0.25, 0.3) is 0 Å². The van der Waals surface area contributed by atoms with Crippen molar-refractivity contribution in [2.24, 2.45) is 0 Å². The number of methoxy groups -OCH3 is 1. The van der Waals surface area contributed by atoms with Gasteiger partial charge < -0.3 is 4.74 Å². The molecule has 28 heavy (non-hydrogen) atoms. The van der Waals surface area contributed by atoms with Gasteiger partial charge in [0.15, 0.2) is 0 Å². The van der Waals surface area contributed by atoms with Crippen LogP contribution in [-0.2, 0) is 14.3 Å². The van der Waals surface area contributed by atoms with E-state index in [9.17, 15) is 9.59 Å². The first-order valence-corrected chi connectivity index (χ1v) is 12.3. The van der Waals surface area contributed by atoms with Gasteiger partial charge in [0.25, 0.3) is 0 Å². The van der Waals surface area contributed by atoms with Crippen LogP contribution < -0.4 is 0 Å². The topological polar surface area (TPSA) is 43.4 Å². The molecule has 0 unspecified atom stereocenters. The fourth-order valence-corrected chi connectivity index (χ4v) is 3.76. The number of hydrogen-bond acceptors (Lipinski definition) is 3. The number of unbranched alkanes of at least 4 members (excludes halogenated alkanes) is 19. The average molecular weight is 397 g/mol. The van der Waals surface area contributed by atoms with Crippen LogP contribution >= 0.6 is 0 Å². The van der Waals surface area contributed by atoms with Crippen LogP contribution in [0.4, 0.5) is 0 Å². The fourth-order valence-electron chi connectivity index (χ4n) is 3.76. The fraction of sp³-hybridized carbons (Fsp3) is 0.920.